The monoisotopic (exact) mass is 393 g/mol. The van der Waals surface area contributed by atoms with Crippen LogP contribution in [-0.4, -0.2) is 23.0 Å². The minimum absolute atomic E-state index is 0. The maximum atomic E-state index is 7.28. The molecule has 0 aliphatic heterocycles. The Labute approximate surface area is 95.8 Å². The molecule has 0 spiro atoms. The van der Waals surface area contributed by atoms with Gasteiger partial charge in [0, 0.05) is 0 Å². The Bertz CT molecular complexity index is 72.9. The van der Waals surface area contributed by atoms with Crippen molar-refractivity contribution in [3.8, 4) is 0 Å². The molecule has 1 aliphatic carbocycles. The first kappa shape index (κ1) is 23.6. The van der Waals surface area contributed by atoms with Gasteiger partial charge in [0.15, 0.2) is 0 Å². The van der Waals surface area contributed by atoms with Crippen molar-refractivity contribution in [3.63, 3.8) is 0 Å². The van der Waals surface area contributed by atoms with E-state index >= 15 is 0 Å². The molecule has 0 atom stereocenters. The van der Waals surface area contributed by atoms with Gasteiger partial charge in [-0.2, -0.15) is 0 Å². The van der Waals surface area contributed by atoms with E-state index in [1.165, 1.54) is 0 Å². The first-order chi connectivity index (χ1) is 4.79. The molecule has 6 N–H and O–H groups in total. The van der Waals surface area contributed by atoms with Gasteiger partial charge in [-0.1, -0.05) is 25.7 Å². The number of hydrogen-bond donors (Lipinski definition) is 0. The predicted molar refractivity (Wildman–Crippen MR) is 54.2 cm³/mol. The van der Waals surface area contributed by atoms with Crippen molar-refractivity contribution in [3.05, 3.63) is 18.9 Å². The first-order valence-corrected chi connectivity index (χ1v) is 6.15. The second-order valence-corrected chi connectivity index (χ2v) is 2.55. The Morgan fingerprint density at radius 2 is 1.00 bits per heavy atom. The van der Waals surface area contributed by atoms with Crippen molar-refractivity contribution < 1.29 is 29.7 Å². The van der Waals surface area contributed by atoms with E-state index in [4.69, 9.17) is 11.5 Å². The van der Waals surface area contributed by atoms with Gasteiger partial charge >= 0.3 is 28.2 Å². The van der Waals surface area contributed by atoms with E-state index < -0.39 is 0 Å². The number of rotatable bonds is 0. The molecule has 4 nitrogen and oxygen atoms in total. The molecule has 6 heteroatoms. The summed E-state index contributed by atoms with van der Waals surface area (Å²) in [5, 5.41) is 0. The van der Waals surface area contributed by atoms with Gasteiger partial charge in [0.25, 0.3) is 0 Å². The second-order valence-electron chi connectivity index (χ2n) is 2.55. The molecule has 0 saturated heterocycles. The first-order valence-electron chi connectivity index (χ1n) is 3.33. The largest absolute Gasteiger partial charge is 0.675 e. The Morgan fingerprint density at radius 1 is 0.846 bits per heavy atom. The zero-order valence-electron chi connectivity index (χ0n) is 7.68. The van der Waals surface area contributed by atoms with Gasteiger partial charge < -0.3 is 29.8 Å². The minimum Gasteiger partial charge on any atom is -0.675 e. The Morgan fingerprint density at radius 3 is 1.15 bits per heavy atom. The van der Waals surface area contributed by atoms with Crippen LogP contribution in [0.25, 0.3) is 11.5 Å². The van der Waals surface area contributed by atoms with Gasteiger partial charge in [-0.25, -0.2) is 0 Å². The van der Waals surface area contributed by atoms with Crippen LogP contribution >= 0.6 is 9.42 Å². The van der Waals surface area contributed by atoms with Crippen LogP contribution in [0.4, 0.5) is 0 Å². The van der Waals surface area contributed by atoms with Crippen LogP contribution < -0.4 is 0 Å². The third kappa shape index (κ3) is 12.8. The van der Waals surface area contributed by atoms with Gasteiger partial charge in [-0.05, 0) is 0 Å². The van der Waals surface area contributed by atoms with E-state index in [2.05, 4.69) is 9.42 Å². The third-order valence-corrected chi connectivity index (χ3v) is 1.73. The maximum Gasteiger partial charge on any atom is -0.0710 e. The van der Waals surface area contributed by atoms with Crippen molar-refractivity contribution in [1.82, 2.24) is 0 Å². The summed E-state index contributed by atoms with van der Waals surface area (Å²) >= 11 is 1.61. The van der Waals surface area contributed by atoms with Crippen LogP contribution in [0.5, 0.6) is 0 Å². The van der Waals surface area contributed by atoms with E-state index in [0.717, 1.165) is 25.7 Å². The summed E-state index contributed by atoms with van der Waals surface area (Å²) in [5.74, 6) is 0. The standard InChI is InChI=1S/C6H12N2.CH3.ClH.2H2O.Pt/c7-5-1-2-6(8)4-3-5;;;;;/h5-8H,1-4H2;1H3;1H;2*1H2;/q-2;-1;;;;+1/p-1. The molecule has 0 amide bonds. The third-order valence-electron chi connectivity index (χ3n) is 1.73. The maximum absolute atomic E-state index is 7.28. The molecular weight excluding hydrogens is 375 g/mol. The SMILES string of the molecule is O.O.[CH3-].[Cl][Pt].[NH-]C1CCC([NH-])CC1. The summed E-state index contributed by atoms with van der Waals surface area (Å²) in [6, 6.07) is 0.299. The van der Waals surface area contributed by atoms with Gasteiger partial charge in [-0.15, -0.1) is 12.1 Å². The van der Waals surface area contributed by atoms with Crippen LogP contribution in [-0.2, 0) is 18.8 Å². The fourth-order valence-electron chi connectivity index (χ4n) is 1.09. The van der Waals surface area contributed by atoms with Gasteiger partial charge in [-0.3, -0.25) is 0 Å². The number of hydrogen-bond acceptors (Lipinski definition) is 0. The molecule has 0 bridgehead atoms. The minimum atomic E-state index is 0. The van der Waals surface area contributed by atoms with Crippen molar-refractivity contribution in [1.29, 1.82) is 0 Å². The Balaban J connectivity index is -0.0000000761. The topological polar surface area (TPSA) is 111 Å². The molecule has 0 radical (unpaired) electrons. The molecule has 0 heterocycles. The van der Waals surface area contributed by atoms with Crippen LogP contribution in [0.2, 0.25) is 0 Å². The molecule has 1 aliphatic rings. The fourth-order valence-corrected chi connectivity index (χ4v) is 1.09. The molecule has 0 unspecified atom stereocenters. The zero-order valence-corrected chi connectivity index (χ0v) is 10.7. The van der Waals surface area contributed by atoms with Crippen LogP contribution in [0, 0.1) is 7.43 Å². The molecule has 1 fully saturated rings. The molecule has 0 aromatic rings. The van der Waals surface area contributed by atoms with E-state index in [-0.39, 0.29) is 30.5 Å². The normalized spacial score (nSPS) is 25.0. The van der Waals surface area contributed by atoms with Crippen molar-refractivity contribution >= 4 is 9.42 Å². The average Bonchev–Trinajstić information content (AvgIpc) is 2.00. The molecule has 0 aromatic carbocycles. The van der Waals surface area contributed by atoms with E-state index in [1.807, 2.05) is 0 Å². The number of halogens is 1. The summed E-state index contributed by atoms with van der Waals surface area (Å²) in [6.45, 7) is 0. The van der Waals surface area contributed by atoms with Crippen molar-refractivity contribution in [2.24, 2.45) is 0 Å². The van der Waals surface area contributed by atoms with Gasteiger partial charge in [0.1, 0.15) is 0 Å². The second kappa shape index (κ2) is 15.3. The van der Waals surface area contributed by atoms with Gasteiger partial charge in [0.05, 0.1) is 0 Å². The predicted octanol–water partition coefficient (Wildman–Crippen LogP) is 1.89. The Hall–Kier alpha value is 0.818. The van der Waals surface area contributed by atoms with Crippen molar-refractivity contribution in [2.45, 2.75) is 37.8 Å². The van der Waals surface area contributed by atoms with E-state index in [9.17, 15) is 0 Å². The molecule has 89 valence electrons. The van der Waals surface area contributed by atoms with Gasteiger partial charge in [0.2, 0.25) is 0 Å². The summed E-state index contributed by atoms with van der Waals surface area (Å²) in [7, 11) is 4.61. The molecule has 1 saturated carbocycles. The smallest absolute Gasteiger partial charge is 0.0710 e. The van der Waals surface area contributed by atoms with Crippen LogP contribution in [0.3, 0.4) is 0 Å². The van der Waals surface area contributed by atoms with E-state index in [0.29, 0.717) is 0 Å². The van der Waals surface area contributed by atoms with Crippen molar-refractivity contribution in [2.75, 3.05) is 0 Å². The van der Waals surface area contributed by atoms with Crippen LogP contribution in [0.1, 0.15) is 25.7 Å². The fraction of sp³-hybridized carbons (Fsp3) is 0.857. The zero-order chi connectivity index (χ0) is 7.98. The average molecular weight is 394 g/mol. The summed E-state index contributed by atoms with van der Waals surface area (Å²) in [4.78, 5) is 0. The molecule has 0 aromatic heterocycles. The summed E-state index contributed by atoms with van der Waals surface area (Å²) < 4.78 is 0. The number of nitrogens with one attached hydrogen (secondary N) is 2. The molecular formula is C7H19ClN2O2Pt-3. The van der Waals surface area contributed by atoms with Crippen LogP contribution in [0.15, 0.2) is 0 Å². The summed E-state index contributed by atoms with van der Waals surface area (Å²) in [6.07, 6.45) is 3.81. The Kier molecular flexibility index (Phi) is 27.7. The molecule has 1 rings (SSSR count). The quantitative estimate of drug-likeness (QED) is 0.560. The molecule has 13 heavy (non-hydrogen) atoms. The summed E-state index contributed by atoms with van der Waals surface area (Å²) in [5.41, 5.74) is 14.6. The van der Waals surface area contributed by atoms with E-state index in [1.54, 1.807) is 18.8 Å².